The van der Waals surface area contributed by atoms with Gasteiger partial charge in [-0.2, -0.15) is 0 Å². The predicted octanol–water partition coefficient (Wildman–Crippen LogP) is 2.73. The van der Waals surface area contributed by atoms with Gasteiger partial charge in [0, 0.05) is 4.47 Å². The normalized spacial score (nSPS) is 14.8. The number of hydrogen-bond donors (Lipinski definition) is 2. The summed E-state index contributed by atoms with van der Waals surface area (Å²) in [5.41, 5.74) is 5.34. The lowest BCUT2D eigenvalue weighted by molar-refractivity contribution is -0.144. The van der Waals surface area contributed by atoms with Gasteiger partial charge >= 0.3 is 5.97 Å². The van der Waals surface area contributed by atoms with E-state index in [0.29, 0.717) is 12.0 Å². The van der Waals surface area contributed by atoms with Gasteiger partial charge < -0.3 is 10.8 Å². The quantitative estimate of drug-likeness (QED) is 0.894. The lowest BCUT2D eigenvalue weighted by atomic mass is 9.83. The molecule has 0 saturated heterocycles. The van der Waals surface area contributed by atoms with E-state index >= 15 is 0 Å². The van der Waals surface area contributed by atoms with E-state index in [1.165, 1.54) is 0 Å². The Morgan fingerprint density at radius 3 is 2.31 bits per heavy atom. The van der Waals surface area contributed by atoms with E-state index in [1.807, 2.05) is 13.8 Å². The molecular formula is C12H16BrNO2. The first kappa shape index (κ1) is 13.2. The molecule has 4 heteroatoms. The fraction of sp³-hybridized carbons (Fsp3) is 0.417. The summed E-state index contributed by atoms with van der Waals surface area (Å²) < 4.78 is 0.911. The number of nitrogens with two attached hydrogens (primary N) is 1. The van der Waals surface area contributed by atoms with Crippen LogP contribution in [0.25, 0.3) is 0 Å². The lowest BCUT2D eigenvalue weighted by Gasteiger charge is -2.27. The third-order valence-corrected chi connectivity index (χ3v) is 3.00. The fourth-order valence-corrected chi connectivity index (χ4v) is 1.98. The zero-order valence-corrected chi connectivity index (χ0v) is 11.0. The highest BCUT2D eigenvalue weighted by atomic mass is 79.9. The van der Waals surface area contributed by atoms with Crippen LogP contribution in [0.3, 0.4) is 0 Å². The van der Waals surface area contributed by atoms with Gasteiger partial charge in [0.15, 0.2) is 0 Å². The molecule has 0 bridgehead atoms. The minimum absolute atomic E-state index is 0.227. The van der Waals surface area contributed by atoms with E-state index in [-0.39, 0.29) is 5.92 Å². The highest BCUT2D eigenvalue weighted by molar-refractivity contribution is 9.10. The molecule has 0 heterocycles. The number of carboxylic acid groups (broad SMARTS) is 1. The summed E-state index contributed by atoms with van der Waals surface area (Å²) in [4.78, 5) is 11.3. The van der Waals surface area contributed by atoms with Crippen molar-refractivity contribution in [2.45, 2.75) is 25.8 Å². The molecule has 1 aromatic carbocycles. The maximum absolute atomic E-state index is 11.3. The molecule has 16 heavy (non-hydrogen) atoms. The Morgan fingerprint density at radius 2 is 1.94 bits per heavy atom. The first-order chi connectivity index (χ1) is 7.36. The Hall–Kier alpha value is -0.870. The van der Waals surface area contributed by atoms with E-state index in [0.717, 1.165) is 4.47 Å². The molecule has 1 aromatic rings. The third kappa shape index (κ3) is 2.83. The Morgan fingerprint density at radius 1 is 1.44 bits per heavy atom. The van der Waals surface area contributed by atoms with Crippen LogP contribution in [0.4, 0.5) is 0 Å². The SMILES string of the molecule is CC(C)C[C@](N)(C(=O)O)c1ccc(Br)cc1. The second-order valence-electron chi connectivity index (χ2n) is 4.38. The molecule has 0 aliphatic rings. The van der Waals surface area contributed by atoms with E-state index in [4.69, 9.17) is 5.73 Å². The Kier molecular flexibility index (Phi) is 4.10. The van der Waals surface area contributed by atoms with Gasteiger partial charge in [-0.05, 0) is 30.0 Å². The van der Waals surface area contributed by atoms with Gasteiger partial charge in [0.25, 0.3) is 0 Å². The monoisotopic (exact) mass is 285 g/mol. The minimum Gasteiger partial charge on any atom is -0.480 e. The smallest absolute Gasteiger partial charge is 0.328 e. The summed E-state index contributed by atoms with van der Waals surface area (Å²) in [6.45, 7) is 3.92. The molecule has 0 unspecified atom stereocenters. The van der Waals surface area contributed by atoms with Crippen molar-refractivity contribution in [3.63, 3.8) is 0 Å². The van der Waals surface area contributed by atoms with Gasteiger partial charge in [-0.3, -0.25) is 0 Å². The number of aliphatic carboxylic acids is 1. The fourth-order valence-electron chi connectivity index (χ4n) is 1.72. The van der Waals surface area contributed by atoms with Gasteiger partial charge in [-0.15, -0.1) is 0 Å². The van der Waals surface area contributed by atoms with Crippen molar-refractivity contribution >= 4 is 21.9 Å². The molecule has 3 nitrogen and oxygen atoms in total. The van der Waals surface area contributed by atoms with Crippen molar-refractivity contribution in [2.75, 3.05) is 0 Å². The summed E-state index contributed by atoms with van der Waals surface area (Å²) in [6, 6.07) is 7.11. The van der Waals surface area contributed by atoms with Crippen LogP contribution >= 0.6 is 15.9 Å². The first-order valence-corrected chi connectivity index (χ1v) is 5.94. The van der Waals surface area contributed by atoms with E-state index in [1.54, 1.807) is 24.3 Å². The van der Waals surface area contributed by atoms with E-state index in [2.05, 4.69) is 15.9 Å². The van der Waals surface area contributed by atoms with Gasteiger partial charge in [0.2, 0.25) is 0 Å². The largest absolute Gasteiger partial charge is 0.480 e. The number of carbonyl (C=O) groups is 1. The Bertz CT molecular complexity index is 375. The second kappa shape index (κ2) is 4.97. The molecule has 0 aromatic heterocycles. The lowest BCUT2D eigenvalue weighted by Crippen LogP contribution is -2.45. The van der Waals surface area contributed by atoms with Crippen LogP contribution < -0.4 is 5.73 Å². The molecule has 0 amide bonds. The average Bonchev–Trinajstić information content (AvgIpc) is 2.17. The number of benzene rings is 1. The predicted molar refractivity (Wildman–Crippen MR) is 67.1 cm³/mol. The zero-order valence-electron chi connectivity index (χ0n) is 9.40. The average molecular weight is 286 g/mol. The molecule has 1 atom stereocenters. The third-order valence-electron chi connectivity index (χ3n) is 2.47. The van der Waals surface area contributed by atoms with Crippen LogP contribution in [0.5, 0.6) is 0 Å². The Labute approximate surface area is 104 Å². The summed E-state index contributed by atoms with van der Waals surface area (Å²) >= 11 is 3.31. The van der Waals surface area contributed by atoms with Crippen LogP contribution in [0.2, 0.25) is 0 Å². The molecular weight excluding hydrogens is 270 g/mol. The molecule has 0 aliphatic carbocycles. The van der Waals surface area contributed by atoms with Crippen LogP contribution in [-0.4, -0.2) is 11.1 Å². The van der Waals surface area contributed by atoms with Crippen molar-refractivity contribution in [1.82, 2.24) is 0 Å². The summed E-state index contributed by atoms with van der Waals surface area (Å²) in [7, 11) is 0. The summed E-state index contributed by atoms with van der Waals surface area (Å²) in [6.07, 6.45) is 0.421. The van der Waals surface area contributed by atoms with Crippen molar-refractivity contribution in [2.24, 2.45) is 11.7 Å². The van der Waals surface area contributed by atoms with Gasteiger partial charge in [0.05, 0.1) is 0 Å². The van der Waals surface area contributed by atoms with Gasteiger partial charge in [-0.1, -0.05) is 41.9 Å². The number of hydrogen-bond acceptors (Lipinski definition) is 2. The molecule has 0 aliphatic heterocycles. The highest BCUT2D eigenvalue weighted by Gasteiger charge is 2.36. The van der Waals surface area contributed by atoms with Crippen LogP contribution in [-0.2, 0) is 10.3 Å². The maximum Gasteiger partial charge on any atom is 0.328 e. The molecule has 0 fully saturated rings. The van der Waals surface area contributed by atoms with E-state index in [9.17, 15) is 9.90 Å². The van der Waals surface area contributed by atoms with Gasteiger partial charge in [-0.25, -0.2) is 4.79 Å². The molecule has 3 N–H and O–H groups in total. The Balaban J connectivity index is 3.11. The van der Waals surface area contributed by atoms with Crippen LogP contribution in [0.15, 0.2) is 28.7 Å². The van der Waals surface area contributed by atoms with Crippen molar-refractivity contribution < 1.29 is 9.90 Å². The van der Waals surface area contributed by atoms with Gasteiger partial charge in [0.1, 0.15) is 5.54 Å². The first-order valence-electron chi connectivity index (χ1n) is 5.14. The molecule has 0 spiro atoms. The van der Waals surface area contributed by atoms with Crippen molar-refractivity contribution in [3.8, 4) is 0 Å². The minimum atomic E-state index is -1.30. The van der Waals surface area contributed by atoms with Crippen LogP contribution in [0.1, 0.15) is 25.8 Å². The summed E-state index contributed by atoms with van der Waals surface area (Å²) in [5.74, 6) is -0.756. The van der Waals surface area contributed by atoms with Crippen LogP contribution in [0, 0.1) is 5.92 Å². The topological polar surface area (TPSA) is 63.3 Å². The molecule has 0 saturated carbocycles. The second-order valence-corrected chi connectivity index (χ2v) is 5.30. The molecule has 1 rings (SSSR count). The zero-order chi connectivity index (χ0) is 12.3. The number of rotatable bonds is 4. The highest BCUT2D eigenvalue weighted by Crippen LogP contribution is 2.27. The molecule has 0 radical (unpaired) electrons. The van der Waals surface area contributed by atoms with E-state index < -0.39 is 11.5 Å². The number of carboxylic acids is 1. The summed E-state index contributed by atoms with van der Waals surface area (Å²) in [5, 5.41) is 9.27. The number of halogens is 1. The van der Waals surface area contributed by atoms with Crippen molar-refractivity contribution in [3.05, 3.63) is 34.3 Å². The molecule has 88 valence electrons. The van der Waals surface area contributed by atoms with Crippen molar-refractivity contribution in [1.29, 1.82) is 0 Å². The maximum atomic E-state index is 11.3. The standard InChI is InChI=1S/C12H16BrNO2/c1-8(2)7-12(14,11(15)16)9-3-5-10(13)6-4-9/h3-6,8H,7,14H2,1-2H3,(H,15,16)/t12-/m1/s1.